The van der Waals surface area contributed by atoms with Crippen LogP contribution < -0.4 is 10.5 Å². The molecule has 0 saturated carbocycles. The van der Waals surface area contributed by atoms with Crippen LogP contribution in [0.4, 0.5) is 0 Å². The molecular weight excluding hydrogens is 258 g/mol. The number of aryl methyl sites for hydroxylation is 1. The number of benzene rings is 2. The Morgan fingerprint density at radius 2 is 1.79 bits per heavy atom. The van der Waals surface area contributed by atoms with Crippen LogP contribution in [0.25, 0.3) is 0 Å². The van der Waals surface area contributed by atoms with Crippen molar-refractivity contribution in [3.05, 3.63) is 64.2 Å². The number of hydrogen-bond acceptors (Lipinski definition) is 2. The van der Waals surface area contributed by atoms with Crippen molar-refractivity contribution in [2.24, 2.45) is 5.73 Å². The predicted octanol–water partition coefficient (Wildman–Crippen LogP) is 3.88. The van der Waals surface area contributed by atoms with E-state index in [4.69, 9.17) is 22.1 Å². The van der Waals surface area contributed by atoms with E-state index in [9.17, 15) is 0 Å². The average molecular weight is 276 g/mol. The lowest BCUT2D eigenvalue weighted by molar-refractivity contribution is 0.398. The SMILES string of the molecule is COc1ccc(C)cc1C(C)(N)c1ccccc1Cl. The Labute approximate surface area is 119 Å². The van der Waals surface area contributed by atoms with E-state index in [1.54, 1.807) is 7.11 Å². The molecule has 19 heavy (non-hydrogen) atoms. The molecule has 100 valence electrons. The molecule has 0 aliphatic carbocycles. The van der Waals surface area contributed by atoms with Crippen LogP contribution in [0.15, 0.2) is 42.5 Å². The molecule has 0 radical (unpaired) electrons. The molecule has 2 N–H and O–H groups in total. The summed E-state index contributed by atoms with van der Waals surface area (Å²) in [6.07, 6.45) is 0. The first-order chi connectivity index (χ1) is 8.96. The standard InChI is InChI=1S/C16H18ClNO/c1-11-8-9-15(19-3)13(10-11)16(2,18)12-6-4-5-7-14(12)17/h4-10H,18H2,1-3H3. The van der Waals surface area contributed by atoms with E-state index in [0.29, 0.717) is 5.02 Å². The highest BCUT2D eigenvalue weighted by molar-refractivity contribution is 6.31. The molecule has 0 spiro atoms. The topological polar surface area (TPSA) is 35.2 Å². The molecule has 1 unspecified atom stereocenters. The van der Waals surface area contributed by atoms with E-state index < -0.39 is 5.54 Å². The largest absolute Gasteiger partial charge is 0.496 e. The zero-order valence-electron chi connectivity index (χ0n) is 11.4. The van der Waals surface area contributed by atoms with Crippen LogP contribution in [-0.4, -0.2) is 7.11 Å². The average Bonchev–Trinajstić information content (AvgIpc) is 2.39. The van der Waals surface area contributed by atoms with Crippen LogP contribution in [0.5, 0.6) is 5.75 Å². The van der Waals surface area contributed by atoms with Gasteiger partial charge in [0.1, 0.15) is 5.75 Å². The van der Waals surface area contributed by atoms with Crippen molar-refractivity contribution in [1.29, 1.82) is 0 Å². The number of halogens is 1. The fraction of sp³-hybridized carbons (Fsp3) is 0.250. The molecule has 3 heteroatoms. The number of nitrogens with two attached hydrogens (primary N) is 1. The summed E-state index contributed by atoms with van der Waals surface area (Å²) in [6, 6.07) is 13.6. The third kappa shape index (κ3) is 2.60. The number of methoxy groups -OCH3 is 1. The third-order valence-electron chi connectivity index (χ3n) is 3.35. The Kier molecular flexibility index (Phi) is 3.83. The number of ether oxygens (including phenoxy) is 1. The van der Waals surface area contributed by atoms with E-state index in [2.05, 4.69) is 0 Å². The van der Waals surface area contributed by atoms with E-state index in [-0.39, 0.29) is 0 Å². The van der Waals surface area contributed by atoms with Gasteiger partial charge in [-0.05, 0) is 31.5 Å². The van der Waals surface area contributed by atoms with E-state index in [1.165, 1.54) is 0 Å². The van der Waals surface area contributed by atoms with Crippen LogP contribution in [0.1, 0.15) is 23.6 Å². The molecular formula is C16H18ClNO. The van der Waals surface area contributed by atoms with Crippen molar-refractivity contribution in [3.63, 3.8) is 0 Å². The third-order valence-corrected chi connectivity index (χ3v) is 3.68. The highest BCUT2D eigenvalue weighted by atomic mass is 35.5. The molecule has 1 atom stereocenters. The zero-order chi connectivity index (χ0) is 14.0. The maximum Gasteiger partial charge on any atom is 0.124 e. The van der Waals surface area contributed by atoms with Crippen LogP contribution in [-0.2, 0) is 5.54 Å². The molecule has 2 nitrogen and oxygen atoms in total. The minimum atomic E-state index is -0.699. The van der Waals surface area contributed by atoms with Gasteiger partial charge in [0.05, 0.1) is 12.6 Å². The summed E-state index contributed by atoms with van der Waals surface area (Å²) in [5.41, 5.74) is 8.80. The number of rotatable bonds is 3. The van der Waals surface area contributed by atoms with Crippen LogP contribution in [0.2, 0.25) is 5.02 Å². The second kappa shape index (κ2) is 5.24. The van der Waals surface area contributed by atoms with Gasteiger partial charge in [-0.25, -0.2) is 0 Å². The van der Waals surface area contributed by atoms with Crippen molar-refractivity contribution < 1.29 is 4.74 Å². The molecule has 0 aliphatic heterocycles. The molecule has 0 saturated heterocycles. The van der Waals surface area contributed by atoms with Gasteiger partial charge in [0, 0.05) is 10.6 Å². The van der Waals surface area contributed by atoms with Crippen molar-refractivity contribution >= 4 is 11.6 Å². The van der Waals surface area contributed by atoms with E-state index in [1.807, 2.05) is 56.3 Å². The zero-order valence-corrected chi connectivity index (χ0v) is 12.2. The normalized spacial score (nSPS) is 13.9. The Balaban J connectivity index is 2.62. The van der Waals surface area contributed by atoms with Gasteiger partial charge in [-0.1, -0.05) is 47.5 Å². The highest BCUT2D eigenvalue weighted by Gasteiger charge is 2.29. The summed E-state index contributed by atoms with van der Waals surface area (Å²) in [5.74, 6) is 0.774. The Bertz CT molecular complexity index is 593. The molecule has 0 aromatic heterocycles. The van der Waals surface area contributed by atoms with Crippen molar-refractivity contribution in [2.45, 2.75) is 19.4 Å². The Hall–Kier alpha value is -1.51. The first-order valence-electron chi connectivity index (χ1n) is 6.16. The number of hydrogen-bond donors (Lipinski definition) is 1. The summed E-state index contributed by atoms with van der Waals surface area (Å²) >= 11 is 6.27. The fourth-order valence-electron chi connectivity index (χ4n) is 2.26. The summed E-state index contributed by atoms with van der Waals surface area (Å²) in [6.45, 7) is 3.98. The van der Waals surface area contributed by atoms with Crippen LogP contribution in [0.3, 0.4) is 0 Å². The van der Waals surface area contributed by atoms with Crippen molar-refractivity contribution in [1.82, 2.24) is 0 Å². The molecule has 2 aromatic carbocycles. The van der Waals surface area contributed by atoms with Gasteiger partial charge in [0.15, 0.2) is 0 Å². The highest BCUT2D eigenvalue weighted by Crippen LogP contribution is 2.36. The lowest BCUT2D eigenvalue weighted by atomic mass is 9.84. The summed E-state index contributed by atoms with van der Waals surface area (Å²) in [7, 11) is 1.65. The predicted molar refractivity (Wildman–Crippen MR) is 79.8 cm³/mol. The van der Waals surface area contributed by atoms with Gasteiger partial charge < -0.3 is 10.5 Å². The quantitative estimate of drug-likeness (QED) is 0.923. The molecule has 2 rings (SSSR count). The Morgan fingerprint density at radius 3 is 2.42 bits per heavy atom. The van der Waals surface area contributed by atoms with Gasteiger partial charge in [0.2, 0.25) is 0 Å². The van der Waals surface area contributed by atoms with Gasteiger partial charge in [0.25, 0.3) is 0 Å². The monoisotopic (exact) mass is 275 g/mol. The summed E-state index contributed by atoms with van der Waals surface area (Å²) in [4.78, 5) is 0. The molecule has 0 fully saturated rings. The maximum atomic E-state index is 6.54. The van der Waals surface area contributed by atoms with Gasteiger partial charge >= 0.3 is 0 Å². The molecule has 0 amide bonds. The lowest BCUT2D eigenvalue weighted by Gasteiger charge is -2.29. The summed E-state index contributed by atoms with van der Waals surface area (Å²) < 4.78 is 5.42. The molecule has 0 heterocycles. The second-order valence-electron chi connectivity index (χ2n) is 4.89. The van der Waals surface area contributed by atoms with E-state index in [0.717, 1.165) is 22.4 Å². The van der Waals surface area contributed by atoms with Crippen LogP contribution in [0, 0.1) is 6.92 Å². The Morgan fingerprint density at radius 1 is 1.11 bits per heavy atom. The smallest absolute Gasteiger partial charge is 0.124 e. The first kappa shape index (κ1) is 13.9. The maximum absolute atomic E-state index is 6.54. The van der Waals surface area contributed by atoms with Gasteiger partial charge in [-0.2, -0.15) is 0 Å². The van der Waals surface area contributed by atoms with Gasteiger partial charge in [-0.3, -0.25) is 0 Å². The minimum absolute atomic E-state index is 0.663. The lowest BCUT2D eigenvalue weighted by Crippen LogP contribution is -2.35. The van der Waals surface area contributed by atoms with Gasteiger partial charge in [-0.15, -0.1) is 0 Å². The fourth-order valence-corrected chi connectivity index (χ4v) is 2.59. The second-order valence-corrected chi connectivity index (χ2v) is 5.29. The molecule has 2 aromatic rings. The van der Waals surface area contributed by atoms with Crippen molar-refractivity contribution in [2.75, 3.05) is 7.11 Å². The molecule has 0 bridgehead atoms. The minimum Gasteiger partial charge on any atom is -0.496 e. The first-order valence-corrected chi connectivity index (χ1v) is 6.53. The molecule has 0 aliphatic rings. The van der Waals surface area contributed by atoms with Crippen molar-refractivity contribution in [3.8, 4) is 5.75 Å². The van der Waals surface area contributed by atoms with Crippen LogP contribution >= 0.6 is 11.6 Å². The summed E-state index contributed by atoms with van der Waals surface area (Å²) in [5, 5.41) is 0.663. The van der Waals surface area contributed by atoms with E-state index >= 15 is 0 Å².